The van der Waals surface area contributed by atoms with Gasteiger partial charge in [0.1, 0.15) is 5.82 Å². The first-order valence-corrected chi connectivity index (χ1v) is 6.96. The van der Waals surface area contributed by atoms with Crippen molar-refractivity contribution in [3.05, 3.63) is 59.9 Å². The second-order valence-electron chi connectivity index (χ2n) is 5.73. The first kappa shape index (κ1) is 15.3. The minimum Gasteiger partial charge on any atom is -0.389 e. The molecule has 2 heteroatoms. The van der Waals surface area contributed by atoms with Gasteiger partial charge in [0.2, 0.25) is 0 Å². The zero-order valence-corrected chi connectivity index (χ0v) is 12.5. The maximum Gasteiger partial charge on any atom is 0.123 e. The highest BCUT2D eigenvalue weighted by molar-refractivity contribution is 5.64. The fourth-order valence-corrected chi connectivity index (χ4v) is 1.76. The zero-order chi connectivity index (χ0) is 15.5. The van der Waals surface area contributed by atoms with Crippen LogP contribution in [0.1, 0.15) is 26.3 Å². The predicted octanol–water partition coefficient (Wildman–Crippen LogP) is 4.25. The number of halogens is 1. The molecule has 0 aliphatic rings. The Kier molecular flexibility index (Phi) is 4.45. The van der Waals surface area contributed by atoms with E-state index < -0.39 is 5.60 Å². The van der Waals surface area contributed by atoms with Crippen LogP contribution in [0.3, 0.4) is 0 Å². The van der Waals surface area contributed by atoms with Crippen molar-refractivity contribution in [2.75, 3.05) is 0 Å². The summed E-state index contributed by atoms with van der Waals surface area (Å²) in [6.45, 7) is 5.41. The molecule has 0 amide bonds. The first-order valence-electron chi connectivity index (χ1n) is 6.96. The van der Waals surface area contributed by atoms with E-state index in [1.165, 1.54) is 12.1 Å². The Hall–Kier alpha value is -2.11. The summed E-state index contributed by atoms with van der Waals surface area (Å²) in [4.78, 5) is 0. The third kappa shape index (κ3) is 4.18. The van der Waals surface area contributed by atoms with Gasteiger partial charge in [-0.2, -0.15) is 0 Å². The van der Waals surface area contributed by atoms with Gasteiger partial charge in [-0.1, -0.05) is 36.1 Å². The van der Waals surface area contributed by atoms with E-state index in [9.17, 15) is 9.50 Å². The molecule has 0 heterocycles. The van der Waals surface area contributed by atoms with E-state index in [0.717, 1.165) is 16.7 Å². The zero-order valence-electron chi connectivity index (χ0n) is 12.5. The summed E-state index contributed by atoms with van der Waals surface area (Å²) in [5, 5.41) is 9.85. The Morgan fingerprint density at radius 1 is 0.952 bits per heavy atom. The molecule has 2 rings (SSSR count). The van der Waals surface area contributed by atoms with Gasteiger partial charge in [0, 0.05) is 11.5 Å². The molecular formula is C19H19FO. The summed E-state index contributed by atoms with van der Waals surface area (Å²) in [5.41, 5.74) is 2.09. The smallest absolute Gasteiger partial charge is 0.123 e. The molecule has 21 heavy (non-hydrogen) atoms. The second kappa shape index (κ2) is 6.11. The van der Waals surface area contributed by atoms with Crippen LogP contribution in [0.4, 0.5) is 4.39 Å². The highest BCUT2D eigenvalue weighted by Gasteiger charge is 2.19. The Labute approximate surface area is 125 Å². The van der Waals surface area contributed by atoms with Gasteiger partial charge in [0.25, 0.3) is 0 Å². The third-order valence-electron chi connectivity index (χ3n) is 3.56. The average Bonchev–Trinajstić information content (AvgIpc) is 2.45. The molecule has 1 atom stereocenters. The van der Waals surface area contributed by atoms with Crippen molar-refractivity contribution in [1.29, 1.82) is 0 Å². The number of hydrogen-bond donors (Lipinski definition) is 1. The molecule has 2 aromatic rings. The van der Waals surface area contributed by atoms with Gasteiger partial charge >= 0.3 is 0 Å². The van der Waals surface area contributed by atoms with Gasteiger partial charge in [-0.3, -0.25) is 0 Å². The number of rotatable bonds is 2. The lowest BCUT2D eigenvalue weighted by Crippen LogP contribution is -2.27. The normalized spacial score (nSPS) is 12.4. The maximum atomic E-state index is 12.9. The Morgan fingerprint density at radius 2 is 1.43 bits per heavy atom. The van der Waals surface area contributed by atoms with Crippen LogP contribution >= 0.6 is 0 Å². The molecule has 2 aromatic carbocycles. The number of benzene rings is 2. The molecule has 0 saturated carbocycles. The monoisotopic (exact) mass is 282 g/mol. The van der Waals surface area contributed by atoms with Crippen molar-refractivity contribution in [2.24, 2.45) is 5.92 Å². The molecular weight excluding hydrogens is 263 g/mol. The molecule has 0 aliphatic carbocycles. The highest BCUT2D eigenvalue weighted by Crippen LogP contribution is 2.20. The van der Waals surface area contributed by atoms with Crippen LogP contribution in [0.15, 0.2) is 48.5 Å². The quantitative estimate of drug-likeness (QED) is 0.816. The molecule has 1 unspecified atom stereocenters. The van der Waals surface area contributed by atoms with Crippen LogP contribution in [-0.4, -0.2) is 10.7 Å². The molecule has 0 radical (unpaired) electrons. The van der Waals surface area contributed by atoms with Crippen LogP contribution in [0, 0.1) is 23.6 Å². The van der Waals surface area contributed by atoms with Crippen LogP contribution in [0.5, 0.6) is 0 Å². The summed E-state index contributed by atoms with van der Waals surface area (Å²) in [5.74, 6) is 5.79. The average molecular weight is 282 g/mol. The van der Waals surface area contributed by atoms with Crippen LogP contribution < -0.4 is 0 Å². The molecule has 1 N–H and O–H groups in total. The van der Waals surface area contributed by atoms with Crippen LogP contribution in [0.25, 0.3) is 11.1 Å². The lowest BCUT2D eigenvalue weighted by atomic mass is 9.93. The van der Waals surface area contributed by atoms with Crippen molar-refractivity contribution in [3.8, 4) is 23.0 Å². The second-order valence-corrected chi connectivity index (χ2v) is 5.73. The summed E-state index contributed by atoms with van der Waals surface area (Å²) >= 11 is 0. The van der Waals surface area contributed by atoms with Gasteiger partial charge in [0.05, 0.1) is 5.60 Å². The molecule has 0 aliphatic heterocycles. The fraction of sp³-hybridized carbons (Fsp3) is 0.263. The van der Waals surface area contributed by atoms with Gasteiger partial charge in [-0.05, 0) is 56.2 Å². The first-order chi connectivity index (χ1) is 9.86. The van der Waals surface area contributed by atoms with Gasteiger partial charge in [0.15, 0.2) is 0 Å². The molecule has 0 spiro atoms. The summed E-state index contributed by atoms with van der Waals surface area (Å²) in [7, 11) is 0. The van der Waals surface area contributed by atoms with E-state index in [1.54, 1.807) is 26.0 Å². The van der Waals surface area contributed by atoms with E-state index in [-0.39, 0.29) is 11.7 Å². The summed E-state index contributed by atoms with van der Waals surface area (Å²) in [6.07, 6.45) is 0. The SMILES string of the molecule is CC(C#Cc1ccc(-c2ccc(F)cc2)cc1)C(C)(C)O. The maximum absolute atomic E-state index is 12.9. The Morgan fingerprint density at radius 3 is 1.90 bits per heavy atom. The van der Waals surface area contributed by atoms with Crippen molar-refractivity contribution in [3.63, 3.8) is 0 Å². The minimum atomic E-state index is -0.805. The minimum absolute atomic E-state index is 0.103. The lowest BCUT2D eigenvalue weighted by Gasteiger charge is -2.20. The number of hydrogen-bond acceptors (Lipinski definition) is 1. The Bertz CT molecular complexity index is 652. The van der Waals surface area contributed by atoms with Crippen molar-refractivity contribution in [1.82, 2.24) is 0 Å². The van der Waals surface area contributed by atoms with Gasteiger partial charge in [-0.15, -0.1) is 0 Å². The molecule has 0 fully saturated rings. The van der Waals surface area contributed by atoms with E-state index in [4.69, 9.17) is 0 Å². The van der Waals surface area contributed by atoms with Gasteiger partial charge in [-0.25, -0.2) is 4.39 Å². The third-order valence-corrected chi connectivity index (χ3v) is 3.56. The number of aliphatic hydroxyl groups is 1. The van der Waals surface area contributed by atoms with E-state index in [0.29, 0.717) is 0 Å². The van der Waals surface area contributed by atoms with E-state index >= 15 is 0 Å². The van der Waals surface area contributed by atoms with Crippen LogP contribution in [-0.2, 0) is 0 Å². The van der Waals surface area contributed by atoms with Crippen molar-refractivity contribution < 1.29 is 9.50 Å². The van der Waals surface area contributed by atoms with Crippen molar-refractivity contribution in [2.45, 2.75) is 26.4 Å². The molecule has 0 saturated heterocycles. The summed E-state index contributed by atoms with van der Waals surface area (Å²) < 4.78 is 12.9. The molecule has 1 nitrogen and oxygen atoms in total. The standard InChI is InChI=1S/C19H19FO/c1-14(19(2,3)21)4-5-15-6-8-16(9-7-15)17-10-12-18(20)13-11-17/h6-14,21H,1-3H3. The lowest BCUT2D eigenvalue weighted by molar-refractivity contribution is 0.0477. The molecule has 0 bridgehead atoms. The fourth-order valence-electron chi connectivity index (χ4n) is 1.76. The van der Waals surface area contributed by atoms with Crippen molar-refractivity contribution >= 4 is 0 Å². The topological polar surface area (TPSA) is 20.2 Å². The van der Waals surface area contributed by atoms with E-state index in [2.05, 4.69) is 11.8 Å². The largest absolute Gasteiger partial charge is 0.389 e. The van der Waals surface area contributed by atoms with E-state index in [1.807, 2.05) is 31.2 Å². The molecule has 0 aromatic heterocycles. The molecule has 108 valence electrons. The predicted molar refractivity (Wildman–Crippen MR) is 84.2 cm³/mol. The van der Waals surface area contributed by atoms with Gasteiger partial charge < -0.3 is 5.11 Å². The van der Waals surface area contributed by atoms with Crippen LogP contribution in [0.2, 0.25) is 0 Å². The Balaban J connectivity index is 2.16. The highest BCUT2D eigenvalue weighted by atomic mass is 19.1. The summed E-state index contributed by atoms with van der Waals surface area (Å²) in [6, 6.07) is 14.2.